The molecule has 5 N–H and O–H groups in total. The minimum atomic E-state index is -1.04. The molecule has 10 nitrogen and oxygen atoms in total. The van der Waals surface area contributed by atoms with E-state index < -0.39 is 6.35 Å². The van der Waals surface area contributed by atoms with E-state index in [0.29, 0.717) is 47.7 Å². The topological polar surface area (TPSA) is 117 Å². The largest absolute Gasteiger partial charge is 0.486 e. The second kappa shape index (κ2) is 8.14. The lowest BCUT2D eigenvalue weighted by molar-refractivity contribution is 0.171. The van der Waals surface area contributed by atoms with Crippen molar-refractivity contribution in [3.63, 3.8) is 0 Å². The Morgan fingerprint density at radius 2 is 2.17 bits per heavy atom. The fraction of sp³-hybridized carbons (Fsp3) is 0.263. The maximum atomic E-state index is 10.0. The van der Waals surface area contributed by atoms with Gasteiger partial charge in [-0.15, -0.1) is 6.42 Å². The summed E-state index contributed by atoms with van der Waals surface area (Å²) in [7, 11) is 1.79. The van der Waals surface area contributed by atoms with Crippen molar-refractivity contribution in [2.45, 2.75) is 6.35 Å². The number of anilines is 4. The summed E-state index contributed by atoms with van der Waals surface area (Å²) in [5.74, 6) is 5.01. The molecule has 1 atom stereocenters. The first-order chi connectivity index (χ1) is 14.2. The van der Waals surface area contributed by atoms with E-state index >= 15 is 0 Å². The van der Waals surface area contributed by atoms with Crippen molar-refractivity contribution in [1.82, 2.24) is 19.9 Å². The van der Waals surface area contributed by atoms with Crippen LogP contribution in [0, 0.1) is 12.3 Å². The zero-order valence-electron chi connectivity index (χ0n) is 15.8. The average molecular weight is 395 g/mol. The highest BCUT2D eigenvalue weighted by molar-refractivity contribution is 5.75. The first kappa shape index (κ1) is 18.7. The van der Waals surface area contributed by atoms with Gasteiger partial charge >= 0.3 is 0 Å². The van der Waals surface area contributed by atoms with Crippen LogP contribution >= 0.6 is 0 Å². The predicted octanol–water partition coefficient (Wildman–Crippen LogP) is 1.20. The third-order valence-electron chi connectivity index (χ3n) is 4.25. The number of aliphatic hydroxyl groups excluding tert-OH is 1. The summed E-state index contributed by atoms with van der Waals surface area (Å²) >= 11 is 0. The SMILES string of the molecule is C#CCNC(O)Nc1cnn2c(NC)cc(Nc3cccc4c3OCCO4)nc12. The maximum Gasteiger partial charge on any atom is 0.184 e. The number of benzene rings is 1. The first-order valence-electron chi connectivity index (χ1n) is 9.03. The van der Waals surface area contributed by atoms with Gasteiger partial charge in [0, 0.05) is 13.1 Å². The first-order valence-corrected chi connectivity index (χ1v) is 9.03. The molecule has 0 saturated carbocycles. The Morgan fingerprint density at radius 1 is 1.31 bits per heavy atom. The normalized spacial score (nSPS) is 13.6. The molecule has 2 aromatic heterocycles. The van der Waals surface area contributed by atoms with Crippen LogP contribution in [0.25, 0.3) is 5.65 Å². The molecule has 3 aromatic rings. The molecule has 3 heterocycles. The van der Waals surface area contributed by atoms with E-state index in [0.717, 1.165) is 5.69 Å². The molecule has 1 unspecified atom stereocenters. The molecule has 0 amide bonds. The summed E-state index contributed by atoms with van der Waals surface area (Å²) in [5, 5.41) is 26.3. The standard InChI is InChI=1S/C19H21N7O3/c1-3-7-21-19(27)24-13-11-22-26-16(20-2)10-15(25-18(13)26)23-12-5-4-6-14-17(12)29-9-8-28-14/h1,4-6,10-11,19-21,24,27H,7-9H2,2H3,(H,23,25). The van der Waals surface area contributed by atoms with Crippen LogP contribution in [0.3, 0.4) is 0 Å². The fourth-order valence-electron chi connectivity index (χ4n) is 2.97. The van der Waals surface area contributed by atoms with Gasteiger partial charge in [-0.2, -0.15) is 9.61 Å². The highest BCUT2D eigenvalue weighted by Crippen LogP contribution is 2.38. The molecule has 0 spiro atoms. The van der Waals surface area contributed by atoms with Gasteiger partial charge < -0.3 is 30.5 Å². The summed E-state index contributed by atoms with van der Waals surface area (Å²) in [6.07, 6.45) is 5.74. The Kier molecular flexibility index (Phi) is 5.24. The monoisotopic (exact) mass is 395 g/mol. The Labute approximate surface area is 167 Å². The number of nitrogens with one attached hydrogen (secondary N) is 4. The molecule has 29 heavy (non-hydrogen) atoms. The molecule has 1 aliphatic rings. The van der Waals surface area contributed by atoms with Crippen LogP contribution < -0.4 is 30.7 Å². The average Bonchev–Trinajstić information content (AvgIpc) is 3.14. The maximum absolute atomic E-state index is 10.0. The van der Waals surface area contributed by atoms with Crippen molar-refractivity contribution >= 4 is 28.7 Å². The van der Waals surface area contributed by atoms with Gasteiger partial charge in [0.2, 0.25) is 0 Å². The number of fused-ring (bicyclic) bond motifs is 2. The van der Waals surface area contributed by atoms with Crippen molar-refractivity contribution in [3.8, 4) is 23.8 Å². The number of ether oxygens (including phenoxy) is 2. The summed E-state index contributed by atoms with van der Waals surface area (Å²) < 4.78 is 13.0. The van der Waals surface area contributed by atoms with Crippen molar-refractivity contribution in [3.05, 3.63) is 30.5 Å². The van der Waals surface area contributed by atoms with Gasteiger partial charge in [-0.1, -0.05) is 12.0 Å². The Balaban J connectivity index is 1.67. The van der Waals surface area contributed by atoms with Gasteiger partial charge in [0.05, 0.1) is 18.4 Å². The van der Waals surface area contributed by atoms with Gasteiger partial charge in [-0.05, 0) is 12.1 Å². The smallest absolute Gasteiger partial charge is 0.184 e. The van der Waals surface area contributed by atoms with E-state index in [9.17, 15) is 5.11 Å². The molecule has 0 radical (unpaired) electrons. The van der Waals surface area contributed by atoms with E-state index in [1.54, 1.807) is 17.8 Å². The third-order valence-corrected chi connectivity index (χ3v) is 4.25. The van der Waals surface area contributed by atoms with E-state index in [-0.39, 0.29) is 6.54 Å². The molecular weight excluding hydrogens is 374 g/mol. The van der Waals surface area contributed by atoms with Gasteiger partial charge in [0.25, 0.3) is 0 Å². The highest BCUT2D eigenvalue weighted by atomic mass is 16.6. The van der Waals surface area contributed by atoms with Crippen LogP contribution in [0.5, 0.6) is 11.5 Å². The van der Waals surface area contributed by atoms with Crippen molar-refractivity contribution in [2.75, 3.05) is 42.8 Å². The molecule has 1 aromatic carbocycles. The molecule has 0 aliphatic carbocycles. The van der Waals surface area contributed by atoms with Crippen LogP contribution in [-0.2, 0) is 0 Å². The molecule has 1 aliphatic heterocycles. The number of rotatable bonds is 7. The number of hydrogen-bond acceptors (Lipinski definition) is 9. The van der Waals surface area contributed by atoms with Crippen LogP contribution in [-0.4, -0.2) is 52.9 Å². The minimum Gasteiger partial charge on any atom is -0.486 e. The number of aromatic nitrogens is 3. The number of para-hydroxylation sites is 1. The van der Waals surface area contributed by atoms with Gasteiger partial charge in [0.1, 0.15) is 30.5 Å². The van der Waals surface area contributed by atoms with Crippen molar-refractivity contribution in [2.24, 2.45) is 0 Å². The van der Waals surface area contributed by atoms with E-state index in [1.165, 1.54) is 0 Å². The van der Waals surface area contributed by atoms with E-state index in [1.807, 2.05) is 24.3 Å². The summed E-state index contributed by atoms with van der Waals surface area (Å²) in [6, 6.07) is 7.45. The van der Waals surface area contributed by atoms with E-state index in [4.69, 9.17) is 15.9 Å². The Hall–Kier alpha value is -3.68. The number of aliphatic hydroxyl groups is 1. The van der Waals surface area contributed by atoms with Crippen LogP contribution in [0.4, 0.5) is 23.0 Å². The van der Waals surface area contributed by atoms with E-state index in [2.05, 4.69) is 37.3 Å². The Bertz CT molecular complexity index is 1060. The fourth-order valence-corrected chi connectivity index (χ4v) is 2.97. The lowest BCUT2D eigenvalue weighted by Crippen LogP contribution is -2.36. The van der Waals surface area contributed by atoms with Gasteiger partial charge in [-0.25, -0.2) is 4.98 Å². The second-order valence-electron chi connectivity index (χ2n) is 6.16. The number of terminal acetylenes is 1. The van der Waals surface area contributed by atoms with Gasteiger partial charge in [-0.3, -0.25) is 5.32 Å². The molecule has 0 saturated heterocycles. The zero-order chi connectivity index (χ0) is 20.2. The molecule has 0 fully saturated rings. The van der Waals surface area contributed by atoms with Crippen LogP contribution in [0.15, 0.2) is 30.5 Å². The third kappa shape index (κ3) is 3.82. The lowest BCUT2D eigenvalue weighted by atomic mass is 10.2. The summed E-state index contributed by atoms with van der Waals surface area (Å²) in [6.45, 7) is 1.22. The minimum absolute atomic E-state index is 0.219. The number of nitrogens with zero attached hydrogens (tertiary/aromatic N) is 3. The predicted molar refractivity (Wildman–Crippen MR) is 110 cm³/mol. The van der Waals surface area contributed by atoms with Crippen LogP contribution in [0.1, 0.15) is 0 Å². The molecule has 0 bridgehead atoms. The van der Waals surface area contributed by atoms with Gasteiger partial charge in [0.15, 0.2) is 23.5 Å². The van der Waals surface area contributed by atoms with Crippen molar-refractivity contribution in [1.29, 1.82) is 0 Å². The lowest BCUT2D eigenvalue weighted by Gasteiger charge is -2.21. The summed E-state index contributed by atoms with van der Waals surface area (Å²) in [5.41, 5.74) is 1.80. The molecular formula is C19H21N7O3. The number of hydrogen-bond donors (Lipinski definition) is 5. The zero-order valence-corrected chi connectivity index (χ0v) is 15.8. The molecule has 150 valence electrons. The van der Waals surface area contributed by atoms with Crippen molar-refractivity contribution < 1.29 is 14.6 Å². The summed E-state index contributed by atoms with van der Waals surface area (Å²) in [4.78, 5) is 4.63. The Morgan fingerprint density at radius 3 is 3.00 bits per heavy atom. The molecule has 4 rings (SSSR count). The molecule has 10 heteroatoms. The van der Waals surface area contributed by atoms with Crippen LogP contribution in [0.2, 0.25) is 0 Å². The second-order valence-corrected chi connectivity index (χ2v) is 6.16. The quantitative estimate of drug-likeness (QED) is 0.297. The highest BCUT2D eigenvalue weighted by Gasteiger charge is 2.18.